The van der Waals surface area contributed by atoms with Gasteiger partial charge in [-0.05, 0) is 48.0 Å². The normalized spacial score (nSPS) is 15.5. The molecule has 2 radical (unpaired) electrons. The third kappa shape index (κ3) is 5.65. The summed E-state index contributed by atoms with van der Waals surface area (Å²) in [5.74, 6) is 6.78. The van der Waals surface area contributed by atoms with Gasteiger partial charge in [0.25, 0.3) is 0 Å². The maximum absolute atomic E-state index is 12.8. The number of benzene rings is 2. The Morgan fingerprint density at radius 3 is 2.81 bits per heavy atom. The van der Waals surface area contributed by atoms with Gasteiger partial charge in [0.05, 0.1) is 5.69 Å². The van der Waals surface area contributed by atoms with Crippen molar-refractivity contribution in [2.24, 2.45) is 11.8 Å². The van der Waals surface area contributed by atoms with Crippen LogP contribution in [0.4, 0.5) is 10.6 Å². The molecule has 11 heteroatoms. The van der Waals surface area contributed by atoms with E-state index in [0.29, 0.717) is 47.2 Å². The summed E-state index contributed by atoms with van der Waals surface area (Å²) in [4.78, 5) is 24.1. The summed E-state index contributed by atoms with van der Waals surface area (Å²) in [6, 6.07) is 16.7. The van der Waals surface area contributed by atoms with Crippen LogP contribution in [-0.2, 0) is 6.54 Å². The largest absolute Gasteiger partial charge is 0.412 e. The van der Waals surface area contributed by atoms with Crippen LogP contribution in [0.2, 0.25) is 5.02 Å². The van der Waals surface area contributed by atoms with Gasteiger partial charge < -0.3 is 20.4 Å². The number of likely N-dealkylation sites (tertiary alicyclic amines) is 1. The lowest BCUT2D eigenvalue weighted by molar-refractivity contribution is 0.168. The van der Waals surface area contributed by atoms with Crippen molar-refractivity contribution in [1.82, 2.24) is 24.8 Å². The molecular formula is C26H27BClN7O2. The Labute approximate surface area is 221 Å². The number of piperidine rings is 1. The van der Waals surface area contributed by atoms with Gasteiger partial charge in [-0.3, -0.25) is 0 Å². The molecular weight excluding hydrogens is 489 g/mol. The first-order valence-corrected chi connectivity index (χ1v) is 12.5. The summed E-state index contributed by atoms with van der Waals surface area (Å²) in [5.41, 5.74) is 3.56. The number of carbonyl (C=O) groups excluding carboxylic acids is 1. The fourth-order valence-corrected chi connectivity index (χ4v) is 4.79. The maximum Gasteiger partial charge on any atom is 0.317 e. The quantitative estimate of drug-likeness (QED) is 0.258. The van der Waals surface area contributed by atoms with Gasteiger partial charge in [0.15, 0.2) is 5.65 Å². The van der Waals surface area contributed by atoms with Gasteiger partial charge in [-0.1, -0.05) is 41.9 Å². The van der Waals surface area contributed by atoms with Gasteiger partial charge in [-0.15, -0.1) is 0 Å². The van der Waals surface area contributed by atoms with Crippen LogP contribution in [0.25, 0.3) is 16.9 Å². The molecule has 2 aromatic carbocycles. The zero-order valence-corrected chi connectivity index (χ0v) is 21.0. The van der Waals surface area contributed by atoms with Crippen LogP contribution in [0.5, 0.6) is 5.75 Å². The first-order chi connectivity index (χ1) is 18.0. The van der Waals surface area contributed by atoms with Crippen LogP contribution >= 0.6 is 11.6 Å². The SMILES string of the molecule is [B]c1cnn2c(NCC3CCCN(C(=O)NCc4ccc(ON)cc4)C3)cc(-c3ccccc3Cl)nc12. The van der Waals surface area contributed by atoms with E-state index in [-0.39, 0.29) is 11.9 Å². The minimum atomic E-state index is -0.0731. The van der Waals surface area contributed by atoms with Crippen LogP contribution in [0.15, 0.2) is 60.8 Å². The number of anilines is 1. The molecule has 1 saturated heterocycles. The fourth-order valence-electron chi connectivity index (χ4n) is 4.55. The number of carbonyl (C=O) groups is 1. The molecule has 1 unspecified atom stereocenters. The minimum Gasteiger partial charge on any atom is -0.412 e. The van der Waals surface area contributed by atoms with E-state index in [1.54, 1.807) is 22.8 Å². The first-order valence-electron chi connectivity index (χ1n) is 12.1. The van der Waals surface area contributed by atoms with E-state index in [0.717, 1.165) is 36.3 Å². The van der Waals surface area contributed by atoms with Crippen molar-refractivity contribution in [1.29, 1.82) is 0 Å². The number of aromatic nitrogens is 3. The van der Waals surface area contributed by atoms with Crippen LogP contribution in [0.3, 0.4) is 0 Å². The van der Waals surface area contributed by atoms with Crippen LogP contribution < -0.4 is 26.8 Å². The van der Waals surface area contributed by atoms with Crippen molar-refractivity contribution in [3.63, 3.8) is 0 Å². The Morgan fingerprint density at radius 1 is 1.22 bits per heavy atom. The van der Waals surface area contributed by atoms with Gasteiger partial charge >= 0.3 is 6.03 Å². The predicted octanol–water partition coefficient (Wildman–Crippen LogP) is 3.13. The molecule has 0 aliphatic carbocycles. The standard InChI is InChI=1S/C26H27BClN7O2/c27-21-15-32-35-24(12-23(33-25(21)35)20-5-1-2-6-22(20)28)30-14-18-4-3-11-34(16-18)26(36)31-13-17-7-9-19(37-29)10-8-17/h1-2,5-10,12,15,18,30H,3-4,11,13-14,16,29H2,(H,31,36). The van der Waals surface area contributed by atoms with Crippen molar-refractivity contribution >= 4 is 42.4 Å². The molecule has 0 bridgehead atoms. The number of urea groups is 1. The Balaban J connectivity index is 1.24. The molecule has 37 heavy (non-hydrogen) atoms. The number of nitrogens with one attached hydrogen (secondary N) is 2. The fraction of sp³-hybridized carbons (Fsp3) is 0.269. The van der Waals surface area contributed by atoms with Crippen LogP contribution in [-0.4, -0.2) is 53.0 Å². The van der Waals surface area contributed by atoms with E-state index in [1.165, 1.54) is 0 Å². The number of hydrogen-bond donors (Lipinski definition) is 3. The summed E-state index contributed by atoms with van der Waals surface area (Å²) in [6.45, 7) is 2.49. The molecule has 188 valence electrons. The highest BCUT2D eigenvalue weighted by Crippen LogP contribution is 2.28. The van der Waals surface area contributed by atoms with E-state index >= 15 is 0 Å². The highest BCUT2D eigenvalue weighted by atomic mass is 35.5. The lowest BCUT2D eigenvalue weighted by Gasteiger charge is -2.33. The Hall–Kier alpha value is -3.76. The van der Waals surface area contributed by atoms with E-state index < -0.39 is 0 Å². The second-order valence-corrected chi connectivity index (χ2v) is 9.50. The van der Waals surface area contributed by atoms with E-state index in [9.17, 15) is 4.79 Å². The Kier molecular flexibility index (Phi) is 7.48. The number of rotatable bonds is 7. The molecule has 1 aliphatic heterocycles. The van der Waals surface area contributed by atoms with Crippen molar-refractivity contribution in [3.8, 4) is 17.0 Å². The average Bonchev–Trinajstić information content (AvgIpc) is 3.31. The summed E-state index contributed by atoms with van der Waals surface area (Å²) >= 11 is 6.43. The van der Waals surface area contributed by atoms with Crippen molar-refractivity contribution < 1.29 is 9.63 Å². The second kappa shape index (κ2) is 11.1. The van der Waals surface area contributed by atoms with E-state index in [2.05, 4.69) is 20.7 Å². The van der Waals surface area contributed by atoms with Crippen LogP contribution in [0.1, 0.15) is 18.4 Å². The Morgan fingerprint density at radius 2 is 2.03 bits per heavy atom. The molecule has 2 aromatic heterocycles. The molecule has 1 fully saturated rings. The zero-order chi connectivity index (χ0) is 25.8. The number of amides is 2. The molecule has 9 nitrogen and oxygen atoms in total. The topological polar surface area (TPSA) is 110 Å². The predicted molar refractivity (Wildman–Crippen MR) is 145 cm³/mol. The van der Waals surface area contributed by atoms with Gasteiger partial charge in [-0.2, -0.15) is 15.5 Å². The summed E-state index contributed by atoms with van der Waals surface area (Å²) in [6.07, 6.45) is 3.55. The lowest BCUT2D eigenvalue weighted by Crippen LogP contribution is -2.46. The molecule has 4 aromatic rings. The number of hydrogen-bond acceptors (Lipinski definition) is 6. The smallest absolute Gasteiger partial charge is 0.317 e. The van der Waals surface area contributed by atoms with Gasteiger partial charge in [-0.25, -0.2) is 9.78 Å². The molecule has 2 amide bonds. The van der Waals surface area contributed by atoms with E-state index in [1.807, 2.05) is 47.4 Å². The van der Waals surface area contributed by atoms with Crippen molar-refractivity contribution in [3.05, 3.63) is 71.4 Å². The highest BCUT2D eigenvalue weighted by molar-refractivity contribution is 6.36. The molecule has 3 heterocycles. The number of halogens is 1. The monoisotopic (exact) mass is 515 g/mol. The van der Waals surface area contributed by atoms with Gasteiger partial charge in [0.2, 0.25) is 0 Å². The minimum absolute atomic E-state index is 0.0731. The molecule has 5 rings (SSSR count). The molecule has 0 saturated carbocycles. The number of nitrogens with zero attached hydrogens (tertiary/aromatic N) is 4. The Bertz CT molecular complexity index is 1400. The maximum atomic E-state index is 12.8. The van der Waals surface area contributed by atoms with Gasteiger partial charge in [0.1, 0.15) is 19.4 Å². The number of fused-ring (bicyclic) bond motifs is 1. The third-order valence-electron chi connectivity index (χ3n) is 6.53. The zero-order valence-electron chi connectivity index (χ0n) is 20.2. The van der Waals surface area contributed by atoms with E-state index in [4.69, 9.17) is 30.2 Å². The van der Waals surface area contributed by atoms with Crippen molar-refractivity contribution in [2.75, 3.05) is 25.0 Å². The van der Waals surface area contributed by atoms with Crippen LogP contribution in [0, 0.1) is 5.92 Å². The molecule has 0 spiro atoms. The average molecular weight is 516 g/mol. The third-order valence-corrected chi connectivity index (χ3v) is 6.86. The highest BCUT2D eigenvalue weighted by Gasteiger charge is 2.24. The number of nitrogens with two attached hydrogens (primary N) is 1. The summed E-state index contributed by atoms with van der Waals surface area (Å²) < 4.78 is 1.70. The van der Waals surface area contributed by atoms with Crippen molar-refractivity contribution in [2.45, 2.75) is 19.4 Å². The summed E-state index contributed by atoms with van der Waals surface area (Å²) in [5, 5.41) is 11.5. The summed E-state index contributed by atoms with van der Waals surface area (Å²) in [7, 11) is 6.14. The molecule has 4 N–H and O–H groups in total. The molecule has 1 atom stereocenters. The lowest BCUT2D eigenvalue weighted by atomic mass is 9.98. The van der Waals surface area contributed by atoms with Gasteiger partial charge in [0, 0.05) is 49.0 Å². The first kappa shape index (κ1) is 24.9. The molecule has 1 aliphatic rings. The second-order valence-electron chi connectivity index (χ2n) is 9.10.